The van der Waals surface area contributed by atoms with Gasteiger partial charge in [0, 0.05) is 17.4 Å². The average Bonchev–Trinajstić information content (AvgIpc) is 2.47. The van der Waals surface area contributed by atoms with Crippen LogP contribution in [-0.4, -0.2) is 37.0 Å². The SMILES string of the molecule is O=C(CS1(OS(=O)(=O)C(F)(F)F)CCCCC1)C1CCCCC1. The van der Waals surface area contributed by atoms with Crippen LogP contribution in [0.3, 0.4) is 0 Å². The van der Waals surface area contributed by atoms with Crippen LogP contribution in [0.4, 0.5) is 13.2 Å². The normalized spacial score (nSPS) is 25.0. The van der Waals surface area contributed by atoms with Gasteiger partial charge in [0.2, 0.25) is 0 Å². The van der Waals surface area contributed by atoms with E-state index in [-0.39, 0.29) is 29.0 Å². The van der Waals surface area contributed by atoms with Crippen LogP contribution in [0.5, 0.6) is 0 Å². The Bertz CT molecular complexity index is 519. The smallest absolute Gasteiger partial charge is 0.298 e. The molecule has 0 radical (unpaired) electrons. The molecular formula is C14H23F3O4S2. The molecule has 1 aliphatic heterocycles. The Morgan fingerprint density at radius 1 is 1.00 bits per heavy atom. The first-order valence-corrected chi connectivity index (χ1v) is 11.4. The van der Waals surface area contributed by atoms with Gasteiger partial charge in [-0.15, -0.1) is 10.3 Å². The van der Waals surface area contributed by atoms with Crippen LogP contribution in [0.1, 0.15) is 51.4 Å². The molecule has 0 aromatic rings. The predicted molar refractivity (Wildman–Crippen MR) is 83.7 cm³/mol. The maximum atomic E-state index is 12.7. The fraction of sp³-hybridized carbons (Fsp3) is 0.929. The van der Waals surface area contributed by atoms with E-state index in [4.69, 9.17) is 3.63 Å². The van der Waals surface area contributed by atoms with Gasteiger partial charge in [-0.2, -0.15) is 21.6 Å². The number of hydrogen-bond acceptors (Lipinski definition) is 4. The highest BCUT2D eigenvalue weighted by Gasteiger charge is 2.51. The molecule has 2 fully saturated rings. The Morgan fingerprint density at radius 3 is 2.04 bits per heavy atom. The Morgan fingerprint density at radius 2 is 1.52 bits per heavy atom. The highest BCUT2D eigenvalue weighted by molar-refractivity contribution is 8.33. The molecule has 1 saturated heterocycles. The minimum Gasteiger partial charge on any atom is -0.298 e. The second-order valence-electron chi connectivity index (χ2n) is 6.35. The lowest BCUT2D eigenvalue weighted by Crippen LogP contribution is -2.34. The van der Waals surface area contributed by atoms with E-state index >= 15 is 0 Å². The fourth-order valence-corrected chi connectivity index (χ4v) is 8.55. The van der Waals surface area contributed by atoms with Crippen LogP contribution in [0, 0.1) is 5.92 Å². The summed E-state index contributed by atoms with van der Waals surface area (Å²) < 4.78 is 65.6. The lowest BCUT2D eigenvalue weighted by molar-refractivity contribution is -0.121. The first kappa shape index (κ1) is 19.1. The number of ketones is 1. The first-order chi connectivity index (χ1) is 10.7. The third-order valence-electron chi connectivity index (χ3n) is 4.52. The van der Waals surface area contributed by atoms with Crippen molar-refractivity contribution in [2.45, 2.75) is 56.9 Å². The van der Waals surface area contributed by atoms with Crippen LogP contribution in [0.15, 0.2) is 0 Å². The predicted octanol–water partition coefficient (Wildman–Crippen LogP) is 3.91. The van der Waals surface area contributed by atoms with E-state index < -0.39 is 25.9 Å². The highest BCUT2D eigenvalue weighted by Crippen LogP contribution is 2.56. The molecule has 23 heavy (non-hydrogen) atoms. The summed E-state index contributed by atoms with van der Waals surface area (Å²) >= 11 is 0. The Hall–Kier alpha value is -0.280. The standard InChI is InChI=1S/C14H23F3O4S2/c15-14(16,17)23(19,20)21-22(9-5-2-6-10-22)11-13(18)12-7-3-1-4-8-12/h12H,1-11H2. The lowest BCUT2D eigenvalue weighted by atomic mass is 9.87. The van der Waals surface area contributed by atoms with Crippen molar-refractivity contribution in [2.24, 2.45) is 5.92 Å². The molecule has 0 N–H and O–H groups in total. The Kier molecular flexibility index (Phi) is 6.05. The summed E-state index contributed by atoms with van der Waals surface area (Å²) in [5.41, 5.74) is -5.43. The molecular weight excluding hydrogens is 353 g/mol. The zero-order valence-corrected chi connectivity index (χ0v) is 14.6. The van der Waals surface area contributed by atoms with Crippen LogP contribution in [-0.2, 0) is 18.5 Å². The van der Waals surface area contributed by atoms with Gasteiger partial charge in [0.05, 0.1) is 5.75 Å². The molecule has 0 amide bonds. The monoisotopic (exact) mass is 376 g/mol. The molecule has 136 valence electrons. The van der Waals surface area contributed by atoms with Gasteiger partial charge < -0.3 is 0 Å². The zero-order chi connectivity index (χ0) is 17.1. The van der Waals surface area contributed by atoms with E-state index in [0.29, 0.717) is 12.8 Å². The maximum absolute atomic E-state index is 12.7. The molecule has 0 aromatic heterocycles. The van der Waals surface area contributed by atoms with Gasteiger partial charge in [0.1, 0.15) is 5.78 Å². The second-order valence-corrected chi connectivity index (χ2v) is 11.3. The molecule has 0 spiro atoms. The molecule has 1 saturated carbocycles. The van der Waals surface area contributed by atoms with Crippen LogP contribution in [0.2, 0.25) is 0 Å². The van der Waals surface area contributed by atoms with Crippen molar-refractivity contribution in [3.05, 3.63) is 0 Å². The molecule has 2 rings (SSSR count). The number of halogens is 3. The minimum absolute atomic E-state index is 0.112. The number of carbonyl (C=O) groups is 1. The summed E-state index contributed by atoms with van der Waals surface area (Å²) in [6.07, 6.45) is 6.52. The van der Waals surface area contributed by atoms with Gasteiger partial charge >= 0.3 is 15.6 Å². The summed E-state index contributed by atoms with van der Waals surface area (Å²) in [7, 11) is -8.19. The number of alkyl halides is 3. The zero-order valence-electron chi connectivity index (χ0n) is 12.9. The molecule has 4 nitrogen and oxygen atoms in total. The van der Waals surface area contributed by atoms with Crippen LogP contribution in [0.25, 0.3) is 0 Å². The van der Waals surface area contributed by atoms with E-state index in [1.807, 2.05) is 0 Å². The van der Waals surface area contributed by atoms with E-state index in [9.17, 15) is 26.4 Å². The summed E-state index contributed by atoms with van der Waals surface area (Å²) in [5, 5.41) is 0. The summed E-state index contributed by atoms with van der Waals surface area (Å²) in [6, 6.07) is 0. The molecule has 0 atom stereocenters. The maximum Gasteiger partial charge on any atom is 0.523 e. The molecule has 0 aromatic carbocycles. The third kappa shape index (κ3) is 4.85. The van der Waals surface area contributed by atoms with Crippen molar-refractivity contribution in [1.29, 1.82) is 0 Å². The number of Topliss-reactive ketones (excluding diaryl/α,β-unsaturated/α-hetero) is 1. The molecule has 0 unspecified atom stereocenters. The largest absolute Gasteiger partial charge is 0.523 e. The van der Waals surface area contributed by atoms with Gasteiger partial charge in [-0.25, -0.2) is 3.63 Å². The van der Waals surface area contributed by atoms with Gasteiger partial charge in [-0.1, -0.05) is 25.7 Å². The van der Waals surface area contributed by atoms with Crippen molar-refractivity contribution in [3.63, 3.8) is 0 Å². The third-order valence-corrected chi connectivity index (χ3v) is 9.83. The summed E-state index contributed by atoms with van der Waals surface area (Å²) in [4.78, 5) is 12.5. The summed E-state index contributed by atoms with van der Waals surface area (Å²) in [6.45, 7) is 0. The molecule has 1 aliphatic carbocycles. The van der Waals surface area contributed by atoms with Crippen molar-refractivity contribution in [3.8, 4) is 0 Å². The van der Waals surface area contributed by atoms with E-state index in [2.05, 4.69) is 0 Å². The Labute approximate surface area is 136 Å². The van der Waals surface area contributed by atoms with Gasteiger partial charge in [-0.05, 0) is 25.7 Å². The first-order valence-electron chi connectivity index (χ1n) is 7.97. The van der Waals surface area contributed by atoms with Crippen LogP contribution >= 0.6 is 10.3 Å². The van der Waals surface area contributed by atoms with Gasteiger partial charge in [0.25, 0.3) is 0 Å². The van der Waals surface area contributed by atoms with Crippen molar-refractivity contribution >= 4 is 26.2 Å². The minimum atomic E-state index is -5.65. The molecule has 0 bridgehead atoms. The fourth-order valence-electron chi connectivity index (χ4n) is 3.28. The van der Waals surface area contributed by atoms with Gasteiger partial charge in [0.15, 0.2) is 0 Å². The van der Waals surface area contributed by atoms with Crippen molar-refractivity contribution in [2.75, 3.05) is 17.3 Å². The van der Waals surface area contributed by atoms with Gasteiger partial charge in [-0.3, -0.25) is 4.79 Å². The number of rotatable bonds is 5. The molecule has 1 heterocycles. The van der Waals surface area contributed by atoms with E-state index in [0.717, 1.165) is 38.5 Å². The number of carbonyl (C=O) groups excluding carboxylic acids is 1. The summed E-state index contributed by atoms with van der Waals surface area (Å²) in [5.74, 6) is 0.125. The molecule has 2 aliphatic rings. The van der Waals surface area contributed by atoms with Crippen LogP contribution < -0.4 is 0 Å². The van der Waals surface area contributed by atoms with Crippen molar-refractivity contribution < 1.29 is 30.0 Å². The number of hydrogen-bond donors (Lipinski definition) is 0. The average molecular weight is 376 g/mol. The van der Waals surface area contributed by atoms with Crippen molar-refractivity contribution in [1.82, 2.24) is 0 Å². The Balaban J connectivity index is 2.14. The quantitative estimate of drug-likeness (QED) is 0.683. The van der Waals surface area contributed by atoms with E-state index in [1.165, 1.54) is 0 Å². The highest BCUT2D eigenvalue weighted by atomic mass is 32.3. The second kappa shape index (κ2) is 7.31. The van der Waals surface area contributed by atoms with E-state index in [1.54, 1.807) is 0 Å². The topological polar surface area (TPSA) is 60.4 Å². The molecule has 9 heteroatoms. The lowest BCUT2D eigenvalue weighted by Gasteiger charge is -2.41.